The number of aryl methyl sites for hydroxylation is 1. The minimum atomic E-state index is -0.852. The van der Waals surface area contributed by atoms with E-state index in [-0.39, 0.29) is 0 Å². The second-order valence-corrected chi connectivity index (χ2v) is 4.42. The van der Waals surface area contributed by atoms with Crippen molar-refractivity contribution in [3.05, 3.63) is 41.5 Å². The van der Waals surface area contributed by atoms with Crippen LogP contribution in [0, 0.1) is 6.92 Å². The third kappa shape index (κ3) is 1.98. The van der Waals surface area contributed by atoms with Gasteiger partial charge in [-0.2, -0.15) is 0 Å². The number of allylic oxidation sites excluding steroid dienone is 1. The predicted molar refractivity (Wildman–Crippen MR) is 64.6 cm³/mol. The Morgan fingerprint density at radius 1 is 1.38 bits per heavy atom. The highest BCUT2D eigenvalue weighted by Crippen LogP contribution is 2.37. The Bertz CT molecular complexity index is 409. The maximum atomic E-state index is 10.6. The molecule has 1 aliphatic carbocycles. The summed E-state index contributed by atoms with van der Waals surface area (Å²) in [5.41, 5.74) is 1.17. The molecule has 86 valence electrons. The van der Waals surface area contributed by atoms with Gasteiger partial charge in [0, 0.05) is 5.56 Å². The van der Waals surface area contributed by atoms with Crippen LogP contribution in [-0.2, 0) is 5.60 Å². The summed E-state index contributed by atoms with van der Waals surface area (Å²) in [4.78, 5) is 0. The zero-order chi connectivity index (χ0) is 11.6. The van der Waals surface area contributed by atoms with Crippen LogP contribution in [0.4, 0.5) is 0 Å². The molecule has 1 aliphatic rings. The van der Waals surface area contributed by atoms with E-state index in [1.54, 1.807) is 7.11 Å². The Hall–Kier alpha value is -1.28. The van der Waals surface area contributed by atoms with Gasteiger partial charge in [0.05, 0.1) is 7.11 Å². The highest BCUT2D eigenvalue weighted by atomic mass is 16.5. The van der Waals surface area contributed by atoms with E-state index >= 15 is 0 Å². The molecule has 2 heteroatoms. The number of hydrogen-bond donors (Lipinski definition) is 1. The lowest BCUT2D eigenvalue weighted by atomic mass is 9.83. The number of ether oxygens (including phenoxy) is 1. The molecule has 0 aliphatic heterocycles. The molecular weight excluding hydrogens is 200 g/mol. The maximum absolute atomic E-state index is 10.6. The molecule has 1 unspecified atom stereocenters. The maximum Gasteiger partial charge on any atom is 0.125 e. The Morgan fingerprint density at radius 2 is 2.19 bits per heavy atom. The monoisotopic (exact) mass is 218 g/mol. The van der Waals surface area contributed by atoms with Crippen LogP contribution in [0.25, 0.3) is 0 Å². The lowest BCUT2D eigenvalue weighted by Crippen LogP contribution is -2.25. The molecule has 1 aromatic rings. The van der Waals surface area contributed by atoms with Crippen LogP contribution >= 0.6 is 0 Å². The van der Waals surface area contributed by atoms with E-state index in [0.29, 0.717) is 0 Å². The molecule has 0 amide bonds. The highest BCUT2D eigenvalue weighted by Gasteiger charge is 2.30. The Balaban J connectivity index is 2.48. The summed E-state index contributed by atoms with van der Waals surface area (Å²) in [7, 11) is 1.64. The van der Waals surface area contributed by atoms with E-state index in [1.807, 2.05) is 37.3 Å². The summed E-state index contributed by atoms with van der Waals surface area (Å²) in [5, 5.41) is 10.6. The van der Waals surface area contributed by atoms with Gasteiger partial charge in [-0.15, -0.1) is 0 Å². The first-order valence-electron chi connectivity index (χ1n) is 5.71. The lowest BCUT2D eigenvalue weighted by Gasteiger charge is -2.29. The number of hydrogen-bond acceptors (Lipinski definition) is 2. The summed E-state index contributed by atoms with van der Waals surface area (Å²) in [6.07, 6.45) is 6.78. The third-order valence-corrected chi connectivity index (χ3v) is 3.14. The minimum Gasteiger partial charge on any atom is -0.496 e. The summed E-state index contributed by atoms with van der Waals surface area (Å²) < 4.78 is 5.32. The van der Waals surface area contributed by atoms with Crippen LogP contribution in [0.15, 0.2) is 30.4 Å². The van der Waals surface area contributed by atoms with Crippen molar-refractivity contribution < 1.29 is 9.84 Å². The van der Waals surface area contributed by atoms with Gasteiger partial charge in [0.2, 0.25) is 0 Å². The van der Waals surface area contributed by atoms with Crippen molar-refractivity contribution in [3.63, 3.8) is 0 Å². The standard InChI is InChI=1S/C14H18O2/c1-11-6-7-13(16-2)12(10-11)14(15)8-4-3-5-9-14/h4,6-8,10,15H,3,5,9H2,1-2H3. The molecule has 0 radical (unpaired) electrons. The molecular formula is C14H18O2. The molecule has 2 rings (SSSR count). The van der Waals surface area contributed by atoms with Crippen molar-refractivity contribution in [3.8, 4) is 5.75 Å². The van der Waals surface area contributed by atoms with E-state index in [4.69, 9.17) is 4.74 Å². The van der Waals surface area contributed by atoms with Crippen LogP contribution in [0.2, 0.25) is 0 Å². The first-order valence-corrected chi connectivity index (χ1v) is 5.71. The number of rotatable bonds is 2. The van der Waals surface area contributed by atoms with Gasteiger partial charge >= 0.3 is 0 Å². The molecule has 0 saturated carbocycles. The average Bonchev–Trinajstić information content (AvgIpc) is 2.30. The Morgan fingerprint density at radius 3 is 2.81 bits per heavy atom. The van der Waals surface area contributed by atoms with Gasteiger partial charge in [0.1, 0.15) is 11.4 Å². The topological polar surface area (TPSA) is 29.5 Å². The normalized spacial score (nSPS) is 24.4. The van der Waals surface area contributed by atoms with Crippen LogP contribution in [-0.4, -0.2) is 12.2 Å². The van der Waals surface area contributed by atoms with Gasteiger partial charge < -0.3 is 9.84 Å². The van der Waals surface area contributed by atoms with Gasteiger partial charge in [-0.1, -0.05) is 23.8 Å². The predicted octanol–water partition coefficient (Wildman–Crippen LogP) is 2.93. The summed E-state index contributed by atoms with van der Waals surface area (Å²) >= 11 is 0. The van der Waals surface area contributed by atoms with Crippen LogP contribution in [0.1, 0.15) is 30.4 Å². The minimum absolute atomic E-state index is 0.764. The van der Waals surface area contributed by atoms with Gasteiger partial charge in [-0.3, -0.25) is 0 Å². The fraction of sp³-hybridized carbons (Fsp3) is 0.429. The molecule has 16 heavy (non-hydrogen) atoms. The molecule has 0 saturated heterocycles. The van der Waals surface area contributed by atoms with Crippen molar-refractivity contribution in [2.75, 3.05) is 7.11 Å². The quantitative estimate of drug-likeness (QED) is 0.773. The molecule has 0 fully saturated rings. The largest absolute Gasteiger partial charge is 0.496 e. The van der Waals surface area contributed by atoms with Gasteiger partial charge in [0.25, 0.3) is 0 Å². The van der Waals surface area contributed by atoms with E-state index in [0.717, 1.165) is 36.1 Å². The van der Waals surface area contributed by atoms with Crippen molar-refractivity contribution >= 4 is 0 Å². The van der Waals surface area contributed by atoms with E-state index in [1.165, 1.54) is 0 Å². The third-order valence-electron chi connectivity index (χ3n) is 3.14. The van der Waals surface area contributed by atoms with Gasteiger partial charge in [0.15, 0.2) is 0 Å². The second-order valence-electron chi connectivity index (χ2n) is 4.42. The van der Waals surface area contributed by atoms with E-state index in [9.17, 15) is 5.11 Å². The molecule has 0 heterocycles. The van der Waals surface area contributed by atoms with E-state index in [2.05, 4.69) is 0 Å². The fourth-order valence-electron chi connectivity index (χ4n) is 2.24. The Kier molecular flexibility index (Phi) is 3.01. The first kappa shape index (κ1) is 11.2. The zero-order valence-corrected chi connectivity index (χ0v) is 9.86. The molecule has 0 bridgehead atoms. The van der Waals surface area contributed by atoms with Crippen molar-refractivity contribution in [1.29, 1.82) is 0 Å². The molecule has 0 aromatic heterocycles. The summed E-state index contributed by atoms with van der Waals surface area (Å²) in [6, 6.07) is 5.93. The van der Waals surface area contributed by atoms with Crippen molar-refractivity contribution in [1.82, 2.24) is 0 Å². The number of benzene rings is 1. The Labute approximate surface area is 96.6 Å². The highest BCUT2D eigenvalue weighted by molar-refractivity contribution is 5.43. The lowest BCUT2D eigenvalue weighted by molar-refractivity contribution is 0.0698. The smallest absolute Gasteiger partial charge is 0.125 e. The molecule has 1 aromatic carbocycles. The molecule has 0 spiro atoms. The van der Waals surface area contributed by atoms with Gasteiger partial charge in [-0.25, -0.2) is 0 Å². The van der Waals surface area contributed by atoms with E-state index < -0.39 is 5.60 Å². The van der Waals surface area contributed by atoms with Crippen LogP contribution < -0.4 is 4.74 Å². The number of methoxy groups -OCH3 is 1. The summed E-state index contributed by atoms with van der Waals surface area (Å²) in [6.45, 7) is 2.03. The van der Waals surface area contributed by atoms with Crippen LogP contribution in [0.5, 0.6) is 5.75 Å². The van der Waals surface area contributed by atoms with Crippen molar-refractivity contribution in [2.45, 2.75) is 31.8 Å². The van der Waals surface area contributed by atoms with Gasteiger partial charge in [-0.05, 0) is 38.3 Å². The average molecular weight is 218 g/mol. The fourth-order valence-corrected chi connectivity index (χ4v) is 2.24. The SMILES string of the molecule is COc1ccc(C)cc1C1(O)C=CCCC1. The zero-order valence-electron chi connectivity index (χ0n) is 9.86. The van der Waals surface area contributed by atoms with Crippen LogP contribution in [0.3, 0.4) is 0 Å². The van der Waals surface area contributed by atoms with Crippen molar-refractivity contribution in [2.24, 2.45) is 0 Å². The summed E-state index contributed by atoms with van der Waals surface area (Å²) in [5.74, 6) is 0.764. The molecule has 2 nitrogen and oxygen atoms in total. The first-order chi connectivity index (χ1) is 7.65. The molecule has 1 N–H and O–H groups in total. The second kappa shape index (κ2) is 4.30. The molecule has 1 atom stereocenters. The number of aliphatic hydroxyl groups is 1.